The first-order chi connectivity index (χ1) is 17.7. The lowest BCUT2D eigenvalue weighted by atomic mass is 10.0. The van der Waals surface area contributed by atoms with Gasteiger partial charge in [-0.2, -0.15) is 0 Å². The topological polar surface area (TPSA) is 131 Å². The lowest BCUT2D eigenvalue weighted by Crippen LogP contribution is -2.46. The highest BCUT2D eigenvalue weighted by molar-refractivity contribution is 5.88. The monoisotopic (exact) mass is 522 g/mol. The number of amides is 2. The number of carbonyl (C=O) groups is 4. The number of carboxylic acid groups (broad SMARTS) is 1. The molecule has 11 heteroatoms. The van der Waals surface area contributed by atoms with Gasteiger partial charge in [0.15, 0.2) is 5.67 Å². The smallest absolute Gasteiger partial charge is 0.326 e. The van der Waals surface area contributed by atoms with Crippen molar-refractivity contribution in [2.75, 3.05) is 39.5 Å². The van der Waals surface area contributed by atoms with Crippen molar-refractivity contribution in [3.05, 3.63) is 42.5 Å². The molecule has 1 fully saturated rings. The Labute approximate surface area is 215 Å². The molecular formula is C26H35FN2O8. The van der Waals surface area contributed by atoms with E-state index in [-0.39, 0.29) is 31.3 Å². The molecule has 0 radical (unpaired) electrons. The number of allylic oxidation sites excluding steroid dienone is 1. The molecule has 1 aromatic carbocycles. The van der Waals surface area contributed by atoms with Crippen LogP contribution in [0.25, 0.3) is 0 Å². The van der Waals surface area contributed by atoms with Crippen LogP contribution < -0.4 is 10.1 Å². The lowest BCUT2D eigenvalue weighted by molar-refractivity contribution is -0.148. The molecule has 0 aromatic heterocycles. The predicted molar refractivity (Wildman–Crippen MR) is 132 cm³/mol. The molecule has 2 N–H and O–H groups in total. The number of nitrogens with one attached hydrogen (secondary N) is 1. The van der Waals surface area contributed by atoms with Gasteiger partial charge in [0.2, 0.25) is 11.8 Å². The number of para-hydroxylation sites is 1. The van der Waals surface area contributed by atoms with Gasteiger partial charge >= 0.3 is 11.9 Å². The number of nitrogens with zero attached hydrogens (tertiary/aromatic N) is 1. The first-order valence-electron chi connectivity index (χ1n) is 12.3. The minimum Gasteiger partial charge on any atom is -0.494 e. The van der Waals surface area contributed by atoms with E-state index in [9.17, 15) is 24.3 Å². The molecule has 1 aromatic rings. The summed E-state index contributed by atoms with van der Waals surface area (Å²) in [6.07, 6.45) is 4.17. The van der Waals surface area contributed by atoms with E-state index >= 15 is 4.39 Å². The number of halogens is 1. The van der Waals surface area contributed by atoms with Crippen molar-refractivity contribution in [3.63, 3.8) is 0 Å². The number of carboxylic acids is 1. The number of hydrogen-bond acceptors (Lipinski definition) is 7. The van der Waals surface area contributed by atoms with E-state index < -0.39 is 49.7 Å². The lowest BCUT2D eigenvalue weighted by Gasteiger charge is -2.22. The molecule has 1 saturated heterocycles. The molecule has 0 bridgehead atoms. The average Bonchev–Trinajstić information content (AvgIpc) is 3.23. The summed E-state index contributed by atoms with van der Waals surface area (Å²) >= 11 is 0. The van der Waals surface area contributed by atoms with Crippen LogP contribution in [0.15, 0.2) is 42.5 Å². The second-order valence-corrected chi connectivity index (χ2v) is 8.60. The van der Waals surface area contributed by atoms with Crippen molar-refractivity contribution in [3.8, 4) is 5.75 Å². The van der Waals surface area contributed by atoms with Crippen LogP contribution in [0.4, 0.5) is 4.39 Å². The number of esters is 1. The molecule has 1 aliphatic rings. The van der Waals surface area contributed by atoms with Crippen molar-refractivity contribution >= 4 is 23.8 Å². The van der Waals surface area contributed by atoms with Crippen LogP contribution in [0.2, 0.25) is 0 Å². The molecule has 0 saturated carbocycles. The Balaban J connectivity index is 1.71. The number of ether oxygens (including phenoxy) is 3. The Morgan fingerprint density at radius 2 is 1.95 bits per heavy atom. The van der Waals surface area contributed by atoms with Crippen molar-refractivity contribution in [2.24, 2.45) is 0 Å². The fourth-order valence-corrected chi connectivity index (χ4v) is 3.76. The molecule has 2 amide bonds. The number of alkyl halides is 1. The Kier molecular flexibility index (Phi) is 12.5. The number of hydrogen-bond donors (Lipinski definition) is 2. The van der Waals surface area contributed by atoms with Gasteiger partial charge in [-0.15, -0.1) is 0 Å². The second-order valence-electron chi connectivity index (χ2n) is 8.60. The highest BCUT2D eigenvalue weighted by Gasteiger charge is 2.49. The van der Waals surface area contributed by atoms with Crippen LogP contribution in [-0.4, -0.2) is 85.0 Å². The van der Waals surface area contributed by atoms with Crippen LogP contribution in [0.5, 0.6) is 5.75 Å². The maximum absolute atomic E-state index is 15.3. The summed E-state index contributed by atoms with van der Waals surface area (Å²) in [5.41, 5.74) is -2.03. The number of benzene rings is 1. The third kappa shape index (κ3) is 11.0. The fraction of sp³-hybridized carbons (Fsp3) is 0.538. The molecule has 37 heavy (non-hydrogen) atoms. The first-order valence-corrected chi connectivity index (χ1v) is 12.3. The number of likely N-dealkylation sites (tertiary alicyclic amines) is 1. The standard InChI is InChI=1S/C26H35FN2O8/c1-2-36-24(32)13-7-4-8-14-35-19-26(27)16-21(25(33)34)29(18-26)23(31)17-28-22(30)12-9-15-37-20-10-5-3-6-11-20/h3-6,8,10-11,21H,2,7,9,12-19H2,1H3,(H,28,30)(H,33,34)/b8-4+/t21-,26?/m1/s1. The summed E-state index contributed by atoms with van der Waals surface area (Å²) in [6.45, 7) is 1.17. The summed E-state index contributed by atoms with van der Waals surface area (Å²) in [5.74, 6) is -2.01. The quantitative estimate of drug-likeness (QED) is 0.192. The Hall–Kier alpha value is -3.47. The summed E-state index contributed by atoms with van der Waals surface area (Å²) in [5, 5.41) is 11.9. The summed E-state index contributed by atoms with van der Waals surface area (Å²) in [7, 11) is 0. The zero-order chi connectivity index (χ0) is 27.1. The van der Waals surface area contributed by atoms with Gasteiger partial charge in [0.1, 0.15) is 11.8 Å². The van der Waals surface area contributed by atoms with Crippen LogP contribution in [0.1, 0.15) is 39.0 Å². The van der Waals surface area contributed by atoms with E-state index in [4.69, 9.17) is 14.2 Å². The third-order valence-electron chi connectivity index (χ3n) is 5.55. The van der Waals surface area contributed by atoms with Crippen molar-refractivity contribution in [1.29, 1.82) is 0 Å². The highest BCUT2D eigenvalue weighted by atomic mass is 19.1. The molecule has 204 valence electrons. The number of rotatable bonds is 16. The molecule has 0 spiro atoms. The normalized spacial score (nSPS) is 19.1. The first kappa shape index (κ1) is 29.8. The fourth-order valence-electron chi connectivity index (χ4n) is 3.76. The van der Waals surface area contributed by atoms with E-state index in [1.54, 1.807) is 31.2 Å². The van der Waals surface area contributed by atoms with Gasteiger partial charge in [-0.05, 0) is 31.9 Å². The predicted octanol–water partition coefficient (Wildman–Crippen LogP) is 2.27. The van der Waals surface area contributed by atoms with Gasteiger partial charge in [-0.25, -0.2) is 9.18 Å². The van der Waals surface area contributed by atoms with Crippen LogP contribution in [-0.2, 0) is 28.7 Å². The van der Waals surface area contributed by atoms with Gasteiger partial charge in [0.05, 0.1) is 39.5 Å². The van der Waals surface area contributed by atoms with Crippen molar-refractivity contribution in [2.45, 2.75) is 50.7 Å². The van der Waals surface area contributed by atoms with Gasteiger partial charge in [-0.1, -0.05) is 30.4 Å². The van der Waals surface area contributed by atoms with E-state index in [1.807, 2.05) is 18.2 Å². The Bertz CT molecular complexity index is 926. The van der Waals surface area contributed by atoms with Crippen molar-refractivity contribution in [1.82, 2.24) is 10.2 Å². The maximum Gasteiger partial charge on any atom is 0.326 e. The van der Waals surface area contributed by atoms with Gasteiger partial charge in [0.25, 0.3) is 0 Å². The third-order valence-corrected chi connectivity index (χ3v) is 5.55. The zero-order valence-corrected chi connectivity index (χ0v) is 21.0. The molecular weight excluding hydrogens is 487 g/mol. The largest absolute Gasteiger partial charge is 0.494 e. The highest BCUT2D eigenvalue weighted by Crippen LogP contribution is 2.31. The Morgan fingerprint density at radius 1 is 1.19 bits per heavy atom. The van der Waals surface area contributed by atoms with Crippen LogP contribution in [0, 0.1) is 0 Å². The van der Waals surface area contributed by atoms with Gasteiger partial charge in [-0.3, -0.25) is 14.4 Å². The zero-order valence-electron chi connectivity index (χ0n) is 21.0. The van der Waals surface area contributed by atoms with Crippen LogP contribution >= 0.6 is 0 Å². The molecule has 1 heterocycles. The van der Waals surface area contributed by atoms with E-state index in [2.05, 4.69) is 5.32 Å². The summed E-state index contributed by atoms with van der Waals surface area (Å²) in [6, 6.07) is 7.79. The van der Waals surface area contributed by atoms with E-state index in [1.165, 1.54) is 0 Å². The Morgan fingerprint density at radius 3 is 2.65 bits per heavy atom. The minimum atomic E-state index is -2.03. The maximum atomic E-state index is 15.3. The van der Waals surface area contributed by atoms with Gasteiger partial charge < -0.3 is 29.5 Å². The average molecular weight is 523 g/mol. The van der Waals surface area contributed by atoms with Crippen molar-refractivity contribution < 1.29 is 42.9 Å². The molecule has 2 atom stereocenters. The SMILES string of the molecule is CCOC(=O)CC/C=C/COCC1(F)C[C@H](C(=O)O)N(C(=O)CNC(=O)CCCOc2ccccc2)C1. The summed E-state index contributed by atoms with van der Waals surface area (Å²) < 4.78 is 30.9. The van der Waals surface area contributed by atoms with Crippen LogP contribution in [0.3, 0.4) is 0 Å². The molecule has 10 nitrogen and oxygen atoms in total. The minimum absolute atomic E-state index is 0.0736. The number of carbonyl (C=O) groups excluding carboxylic acids is 3. The number of aliphatic carboxylic acids is 1. The van der Waals surface area contributed by atoms with Gasteiger partial charge in [0, 0.05) is 19.3 Å². The molecule has 2 rings (SSSR count). The molecule has 1 unspecified atom stereocenters. The molecule has 0 aliphatic carbocycles. The summed E-state index contributed by atoms with van der Waals surface area (Å²) in [4.78, 5) is 48.5. The van der Waals surface area contributed by atoms with E-state index in [0.717, 1.165) is 4.90 Å². The molecule has 1 aliphatic heterocycles. The second kappa shape index (κ2) is 15.6. The van der Waals surface area contributed by atoms with E-state index in [0.29, 0.717) is 31.8 Å².